The van der Waals surface area contributed by atoms with Gasteiger partial charge in [0.15, 0.2) is 0 Å². The Morgan fingerprint density at radius 3 is 2.08 bits per heavy atom. The molecule has 1 atom stereocenters. The van der Waals surface area contributed by atoms with E-state index in [1.54, 1.807) is 0 Å². The molecule has 1 fully saturated rings. The van der Waals surface area contributed by atoms with Crippen molar-refractivity contribution in [2.24, 2.45) is 5.92 Å². The number of carbonyl (C=O) groups excluding carboxylic acids is 2. The number of hydrogen-bond acceptors (Lipinski definition) is 3. The number of ether oxygens (including phenoxy) is 1. The fourth-order valence-corrected chi connectivity index (χ4v) is 1.09. The largest absolute Gasteiger partial charge is 0.373 e. The van der Waals surface area contributed by atoms with Gasteiger partial charge >= 0.3 is 0 Å². The second kappa shape index (κ2) is 4.73. The zero-order chi connectivity index (χ0) is 8.43. The van der Waals surface area contributed by atoms with E-state index in [-0.39, 0.29) is 34.2 Å². The molecule has 0 bridgehead atoms. The molecule has 0 aromatic heterocycles. The fraction of sp³-hybridized carbons (Fsp3) is 0.750. The van der Waals surface area contributed by atoms with Crippen molar-refractivity contribution in [1.29, 1.82) is 0 Å². The predicted molar refractivity (Wildman–Crippen MR) is 39.2 cm³/mol. The average Bonchev–Trinajstić information content (AvgIpc) is 2.63. The van der Waals surface area contributed by atoms with E-state index >= 15 is 0 Å². The van der Waals surface area contributed by atoms with Gasteiger partial charge in [0.2, 0.25) is 0 Å². The smallest absolute Gasteiger partial charge is 0.140 e. The van der Waals surface area contributed by atoms with Gasteiger partial charge in [-0.05, 0) is 20.3 Å². The Morgan fingerprint density at radius 2 is 1.83 bits per heavy atom. The van der Waals surface area contributed by atoms with Gasteiger partial charge in [0.1, 0.15) is 11.6 Å². The van der Waals surface area contributed by atoms with Gasteiger partial charge < -0.3 is 4.74 Å². The maximum atomic E-state index is 10.9. The van der Waals surface area contributed by atoms with E-state index in [4.69, 9.17) is 4.74 Å². The van der Waals surface area contributed by atoms with Crippen molar-refractivity contribution < 1.29 is 30.8 Å². The Kier molecular flexibility index (Phi) is 4.65. The Balaban J connectivity index is 0.00000121. The Hall–Kier alpha value is -0.206. The minimum Gasteiger partial charge on any atom is -0.373 e. The zero-order valence-electron chi connectivity index (χ0n) is 7.11. The quantitative estimate of drug-likeness (QED) is 0.391. The van der Waals surface area contributed by atoms with Crippen LogP contribution in [0.4, 0.5) is 0 Å². The van der Waals surface area contributed by atoms with Crippen molar-refractivity contribution >= 4 is 11.6 Å². The molecule has 0 aromatic rings. The van der Waals surface area contributed by atoms with E-state index in [2.05, 4.69) is 0 Å². The molecule has 0 spiro atoms. The second-order valence-electron chi connectivity index (χ2n) is 2.96. The normalized spacial score (nSPS) is 20.1. The maximum Gasteiger partial charge on any atom is 0.140 e. The molecule has 4 heteroatoms. The summed E-state index contributed by atoms with van der Waals surface area (Å²) in [5.41, 5.74) is 0. The van der Waals surface area contributed by atoms with E-state index in [1.807, 2.05) is 0 Å². The van der Waals surface area contributed by atoms with E-state index in [1.165, 1.54) is 13.8 Å². The fourth-order valence-electron chi connectivity index (χ4n) is 1.09. The third kappa shape index (κ3) is 3.46. The van der Waals surface area contributed by atoms with Gasteiger partial charge in [-0.2, -0.15) is 0 Å². The molecular weight excluding hydrogens is 203 g/mol. The number of rotatable bonds is 4. The van der Waals surface area contributed by atoms with Gasteiger partial charge in [-0.1, -0.05) is 0 Å². The average molecular weight is 215 g/mol. The van der Waals surface area contributed by atoms with Crippen LogP contribution >= 0.6 is 0 Å². The summed E-state index contributed by atoms with van der Waals surface area (Å²) in [5, 5.41) is 0. The van der Waals surface area contributed by atoms with Crippen molar-refractivity contribution in [3.8, 4) is 0 Å². The summed E-state index contributed by atoms with van der Waals surface area (Å²) in [5.74, 6) is -0.525. The predicted octanol–water partition coefficient (Wildman–Crippen LogP) is 0.567. The molecule has 0 aliphatic carbocycles. The molecule has 12 heavy (non-hydrogen) atoms. The summed E-state index contributed by atoms with van der Waals surface area (Å²) in [7, 11) is 0. The molecule has 0 saturated carbocycles. The van der Waals surface area contributed by atoms with Crippen LogP contribution in [0.3, 0.4) is 0 Å². The molecule has 0 N–H and O–H groups in total. The van der Waals surface area contributed by atoms with Gasteiger partial charge in [-0.3, -0.25) is 9.59 Å². The van der Waals surface area contributed by atoms with Gasteiger partial charge in [-0.25, -0.2) is 0 Å². The van der Waals surface area contributed by atoms with E-state index in [0.717, 1.165) is 0 Å². The van der Waals surface area contributed by atoms with Crippen molar-refractivity contribution in [2.75, 3.05) is 6.61 Å². The van der Waals surface area contributed by atoms with Crippen LogP contribution in [0, 0.1) is 5.92 Å². The van der Waals surface area contributed by atoms with Crippen LogP contribution in [-0.2, 0) is 30.8 Å². The molecule has 1 heterocycles. The van der Waals surface area contributed by atoms with Gasteiger partial charge in [-0.15, -0.1) is 0 Å². The number of ketones is 2. The van der Waals surface area contributed by atoms with E-state index in [9.17, 15) is 9.59 Å². The molecule has 3 nitrogen and oxygen atoms in total. The molecule has 0 radical (unpaired) electrons. The zero-order valence-corrected chi connectivity index (χ0v) is 8.10. The van der Waals surface area contributed by atoms with Crippen LogP contribution in [0.15, 0.2) is 0 Å². The standard InChI is InChI=1S/C8H12O3.Ni/c1-5(9)8(6(2)10)3-7-4-11-7;/h7-8H,3-4H2,1-2H3;. The molecule has 1 saturated heterocycles. The van der Waals surface area contributed by atoms with Crippen LogP contribution in [0.2, 0.25) is 0 Å². The van der Waals surface area contributed by atoms with Crippen molar-refractivity contribution in [3.05, 3.63) is 0 Å². The van der Waals surface area contributed by atoms with Gasteiger partial charge in [0.05, 0.1) is 18.6 Å². The molecule has 1 aliphatic rings. The van der Waals surface area contributed by atoms with Crippen LogP contribution < -0.4 is 0 Å². The monoisotopic (exact) mass is 214 g/mol. The number of carbonyl (C=O) groups is 2. The molecule has 0 amide bonds. The van der Waals surface area contributed by atoms with Crippen LogP contribution in [-0.4, -0.2) is 24.3 Å². The number of hydrogen-bond donors (Lipinski definition) is 0. The summed E-state index contributed by atoms with van der Waals surface area (Å²) in [4.78, 5) is 21.7. The first kappa shape index (κ1) is 11.8. The molecule has 72 valence electrons. The Bertz CT molecular complexity index is 173. The molecular formula is C8H12NiO3. The Labute approximate surface area is 81.8 Å². The minimum absolute atomic E-state index is 0. The van der Waals surface area contributed by atoms with Crippen molar-refractivity contribution in [1.82, 2.24) is 0 Å². The topological polar surface area (TPSA) is 46.7 Å². The SMILES string of the molecule is CC(=O)C(CC1CO1)C(C)=O.[Ni]. The minimum atomic E-state index is -0.428. The molecule has 0 aromatic carbocycles. The molecule has 1 aliphatic heterocycles. The van der Waals surface area contributed by atoms with Crippen molar-refractivity contribution in [2.45, 2.75) is 26.4 Å². The third-order valence-electron chi connectivity index (χ3n) is 1.88. The van der Waals surface area contributed by atoms with E-state index in [0.29, 0.717) is 13.0 Å². The summed E-state index contributed by atoms with van der Waals surface area (Å²) in [6, 6.07) is 0. The summed E-state index contributed by atoms with van der Waals surface area (Å²) < 4.78 is 4.93. The van der Waals surface area contributed by atoms with Crippen molar-refractivity contribution in [3.63, 3.8) is 0 Å². The van der Waals surface area contributed by atoms with Crippen LogP contribution in [0.25, 0.3) is 0 Å². The number of Topliss-reactive ketones (excluding diaryl/α,β-unsaturated/α-hetero) is 2. The van der Waals surface area contributed by atoms with Gasteiger partial charge in [0, 0.05) is 16.5 Å². The van der Waals surface area contributed by atoms with Crippen LogP contribution in [0.5, 0.6) is 0 Å². The Morgan fingerprint density at radius 1 is 1.42 bits per heavy atom. The van der Waals surface area contributed by atoms with E-state index < -0.39 is 5.92 Å². The second-order valence-corrected chi connectivity index (χ2v) is 2.96. The summed E-state index contributed by atoms with van der Waals surface area (Å²) in [6.45, 7) is 3.61. The molecule has 1 unspecified atom stereocenters. The number of epoxide rings is 1. The van der Waals surface area contributed by atoms with Crippen LogP contribution in [0.1, 0.15) is 20.3 Å². The first-order valence-corrected chi connectivity index (χ1v) is 3.73. The first-order valence-electron chi connectivity index (χ1n) is 3.73. The maximum absolute atomic E-state index is 10.9. The first-order chi connectivity index (χ1) is 5.11. The third-order valence-corrected chi connectivity index (χ3v) is 1.88. The van der Waals surface area contributed by atoms with Gasteiger partial charge in [0.25, 0.3) is 0 Å². The summed E-state index contributed by atoms with van der Waals surface area (Å²) in [6.07, 6.45) is 0.734. The molecule has 1 rings (SSSR count). The summed E-state index contributed by atoms with van der Waals surface area (Å²) >= 11 is 0.